The number of carbonyl (C=O) groups excluding carboxylic acids is 1. The summed E-state index contributed by atoms with van der Waals surface area (Å²) in [5.41, 5.74) is 0.445. The molecular weight excluding hydrogens is 264 g/mol. The van der Waals surface area contributed by atoms with Crippen LogP contribution in [0.25, 0.3) is 0 Å². The molecule has 0 aliphatic rings. The summed E-state index contributed by atoms with van der Waals surface area (Å²) in [7, 11) is -2.06. The molecule has 4 nitrogen and oxygen atoms in total. The number of hydrogen-bond acceptors (Lipinski definition) is 4. The molecule has 106 valence electrons. The summed E-state index contributed by atoms with van der Waals surface area (Å²) in [6.07, 6.45) is 1.71. The predicted molar refractivity (Wildman–Crippen MR) is 78.8 cm³/mol. The standard InChI is InChI=1S/C12H26O4Si2/c1-11(2)12(14)15-8-6-9-17-16-18(3,4)10-5-7-13/h13H,1,5-10,17H2,2-4H3. The second-order valence-electron chi connectivity index (χ2n) is 5.06. The molecule has 0 radical (unpaired) electrons. The van der Waals surface area contributed by atoms with Crippen molar-refractivity contribution in [1.29, 1.82) is 0 Å². The minimum absolute atomic E-state index is 0.248. The van der Waals surface area contributed by atoms with E-state index in [0.29, 0.717) is 12.2 Å². The first kappa shape index (κ1) is 17.6. The number of rotatable bonds is 10. The minimum atomic E-state index is -1.54. The molecule has 18 heavy (non-hydrogen) atoms. The van der Waals surface area contributed by atoms with Crippen LogP contribution < -0.4 is 0 Å². The first-order chi connectivity index (χ1) is 8.39. The summed E-state index contributed by atoms with van der Waals surface area (Å²) in [5.74, 6) is -0.310. The van der Waals surface area contributed by atoms with Crippen molar-refractivity contribution in [3.05, 3.63) is 12.2 Å². The van der Waals surface area contributed by atoms with E-state index in [1.165, 1.54) is 0 Å². The highest BCUT2D eigenvalue weighted by Gasteiger charge is 2.20. The lowest BCUT2D eigenvalue weighted by Crippen LogP contribution is -2.32. The van der Waals surface area contributed by atoms with E-state index in [0.717, 1.165) is 24.9 Å². The zero-order valence-electron chi connectivity index (χ0n) is 11.8. The molecule has 0 bridgehead atoms. The summed E-state index contributed by atoms with van der Waals surface area (Å²) < 4.78 is 11.0. The van der Waals surface area contributed by atoms with Gasteiger partial charge in [-0.2, -0.15) is 0 Å². The zero-order valence-corrected chi connectivity index (χ0v) is 14.2. The van der Waals surface area contributed by atoms with Gasteiger partial charge in [-0.15, -0.1) is 0 Å². The molecule has 1 N–H and O–H groups in total. The summed E-state index contributed by atoms with van der Waals surface area (Å²) in [4.78, 5) is 11.1. The highest BCUT2D eigenvalue weighted by molar-refractivity contribution is 6.75. The van der Waals surface area contributed by atoms with Crippen molar-refractivity contribution >= 4 is 24.0 Å². The van der Waals surface area contributed by atoms with Gasteiger partial charge in [-0.3, -0.25) is 0 Å². The van der Waals surface area contributed by atoms with Crippen LogP contribution in [-0.2, 0) is 13.6 Å². The van der Waals surface area contributed by atoms with Gasteiger partial charge in [-0.1, -0.05) is 6.58 Å². The van der Waals surface area contributed by atoms with Crippen molar-refractivity contribution in [1.82, 2.24) is 0 Å². The molecule has 0 unspecified atom stereocenters. The average Bonchev–Trinajstić information content (AvgIpc) is 2.30. The molecule has 0 fully saturated rings. The number of carbonyl (C=O) groups is 1. The number of esters is 1. The first-order valence-electron chi connectivity index (χ1n) is 6.46. The van der Waals surface area contributed by atoms with Gasteiger partial charge in [0.15, 0.2) is 8.32 Å². The van der Waals surface area contributed by atoms with Gasteiger partial charge >= 0.3 is 5.97 Å². The molecule has 6 heteroatoms. The van der Waals surface area contributed by atoms with Crippen LogP contribution in [0.1, 0.15) is 19.8 Å². The Hall–Kier alpha value is -0.436. The van der Waals surface area contributed by atoms with E-state index in [1.807, 2.05) is 0 Å². The minimum Gasteiger partial charge on any atom is -0.462 e. The molecule has 0 amide bonds. The molecule has 0 heterocycles. The van der Waals surface area contributed by atoms with Gasteiger partial charge in [0, 0.05) is 12.2 Å². The Morgan fingerprint density at radius 2 is 2.06 bits per heavy atom. The highest BCUT2D eigenvalue weighted by Crippen LogP contribution is 2.13. The summed E-state index contributed by atoms with van der Waals surface area (Å²) >= 11 is 0. The van der Waals surface area contributed by atoms with E-state index >= 15 is 0 Å². The highest BCUT2D eigenvalue weighted by atomic mass is 28.4. The number of hydrogen-bond donors (Lipinski definition) is 1. The molecule has 0 aromatic carbocycles. The fourth-order valence-corrected chi connectivity index (χ4v) is 6.20. The molecule has 0 rings (SSSR count). The van der Waals surface area contributed by atoms with Crippen LogP contribution >= 0.6 is 0 Å². The first-order valence-corrected chi connectivity index (χ1v) is 11.2. The molecule has 0 aliphatic carbocycles. The normalized spacial score (nSPS) is 12.0. The number of ether oxygens (including phenoxy) is 1. The van der Waals surface area contributed by atoms with Crippen molar-refractivity contribution in [3.63, 3.8) is 0 Å². The second kappa shape index (κ2) is 9.49. The van der Waals surface area contributed by atoms with Crippen LogP contribution in [-0.4, -0.2) is 42.4 Å². The molecule has 0 spiro atoms. The molecule has 0 saturated carbocycles. The maximum atomic E-state index is 11.1. The lowest BCUT2D eigenvalue weighted by molar-refractivity contribution is -0.138. The lowest BCUT2D eigenvalue weighted by atomic mass is 10.4. The fourth-order valence-electron chi connectivity index (χ4n) is 1.42. The van der Waals surface area contributed by atoms with Gasteiger partial charge in [-0.05, 0) is 44.9 Å². The Labute approximate surface area is 113 Å². The summed E-state index contributed by atoms with van der Waals surface area (Å²) in [6, 6.07) is 2.04. The molecule has 0 atom stereocenters. The summed E-state index contributed by atoms with van der Waals surface area (Å²) in [5, 5.41) is 8.79. The fraction of sp³-hybridized carbons (Fsp3) is 0.750. The smallest absolute Gasteiger partial charge is 0.333 e. The van der Waals surface area contributed by atoms with Gasteiger partial charge in [0.05, 0.1) is 6.61 Å². The van der Waals surface area contributed by atoms with Crippen LogP contribution in [0.5, 0.6) is 0 Å². The third-order valence-corrected chi connectivity index (χ3v) is 8.84. The molecule has 0 aromatic heterocycles. The maximum Gasteiger partial charge on any atom is 0.333 e. The Kier molecular flexibility index (Phi) is 9.26. The van der Waals surface area contributed by atoms with Crippen LogP contribution in [0.3, 0.4) is 0 Å². The van der Waals surface area contributed by atoms with Crippen LogP contribution in [0.2, 0.25) is 25.2 Å². The van der Waals surface area contributed by atoms with Crippen molar-refractivity contribution in [3.8, 4) is 0 Å². The van der Waals surface area contributed by atoms with Crippen LogP contribution in [0, 0.1) is 0 Å². The monoisotopic (exact) mass is 290 g/mol. The van der Waals surface area contributed by atoms with E-state index in [1.54, 1.807) is 6.92 Å². The third-order valence-electron chi connectivity index (χ3n) is 2.55. The van der Waals surface area contributed by atoms with Crippen molar-refractivity contribution < 1.29 is 18.8 Å². The van der Waals surface area contributed by atoms with Gasteiger partial charge in [-0.25, -0.2) is 4.79 Å². The Morgan fingerprint density at radius 3 is 2.61 bits per heavy atom. The molecular formula is C12H26O4Si2. The van der Waals surface area contributed by atoms with Gasteiger partial charge in [0.1, 0.15) is 9.76 Å². The Balaban J connectivity index is 3.50. The van der Waals surface area contributed by atoms with Crippen molar-refractivity contribution in [2.24, 2.45) is 0 Å². The van der Waals surface area contributed by atoms with Crippen LogP contribution in [0.15, 0.2) is 12.2 Å². The third kappa shape index (κ3) is 9.58. The average molecular weight is 291 g/mol. The van der Waals surface area contributed by atoms with Gasteiger partial charge in [0.25, 0.3) is 0 Å². The van der Waals surface area contributed by atoms with E-state index in [9.17, 15) is 4.79 Å². The van der Waals surface area contributed by atoms with Gasteiger partial charge in [0.2, 0.25) is 0 Å². The number of aliphatic hydroxyl groups is 1. The van der Waals surface area contributed by atoms with Gasteiger partial charge < -0.3 is 14.0 Å². The second-order valence-corrected chi connectivity index (χ2v) is 11.3. The SMILES string of the molecule is C=C(C)C(=O)OCCC[SiH2]O[Si](C)(C)CCCO. The quantitative estimate of drug-likeness (QED) is 0.287. The van der Waals surface area contributed by atoms with E-state index in [2.05, 4.69) is 19.7 Å². The predicted octanol–water partition coefficient (Wildman–Crippen LogP) is 1.60. The van der Waals surface area contributed by atoms with E-state index in [4.69, 9.17) is 14.0 Å². The Bertz CT molecular complexity index is 267. The molecule has 0 aliphatic heterocycles. The Morgan fingerprint density at radius 1 is 1.39 bits per heavy atom. The van der Waals surface area contributed by atoms with Crippen molar-refractivity contribution in [2.45, 2.75) is 44.9 Å². The van der Waals surface area contributed by atoms with E-state index < -0.39 is 18.1 Å². The lowest BCUT2D eigenvalue weighted by Gasteiger charge is -2.22. The largest absolute Gasteiger partial charge is 0.462 e. The molecule has 0 aromatic rings. The van der Waals surface area contributed by atoms with Crippen LogP contribution in [0.4, 0.5) is 0 Å². The van der Waals surface area contributed by atoms with Crippen molar-refractivity contribution in [2.75, 3.05) is 13.2 Å². The summed E-state index contributed by atoms with van der Waals surface area (Å²) in [6.45, 7) is 10.3. The van der Waals surface area contributed by atoms with E-state index in [-0.39, 0.29) is 12.6 Å². The molecule has 0 saturated heterocycles. The zero-order chi connectivity index (χ0) is 14.0. The maximum absolute atomic E-state index is 11.1. The number of aliphatic hydroxyl groups excluding tert-OH is 1. The topological polar surface area (TPSA) is 55.8 Å².